The van der Waals surface area contributed by atoms with Gasteiger partial charge in [-0.3, -0.25) is 4.79 Å². The summed E-state index contributed by atoms with van der Waals surface area (Å²) < 4.78 is 5.17. The molecule has 5 nitrogen and oxygen atoms in total. The molecule has 0 aliphatic heterocycles. The average Bonchev–Trinajstić information content (AvgIpc) is 2.46. The molecule has 5 heteroatoms. The van der Waals surface area contributed by atoms with Crippen LogP contribution in [0.5, 0.6) is 11.5 Å². The number of nitrogen functional groups attached to an aromatic ring is 1. The molecule has 0 aromatic heterocycles. The van der Waals surface area contributed by atoms with E-state index >= 15 is 0 Å². The highest BCUT2D eigenvalue weighted by molar-refractivity contribution is 5.97. The van der Waals surface area contributed by atoms with Gasteiger partial charge in [0.15, 0.2) is 0 Å². The van der Waals surface area contributed by atoms with Crippen LogP contribution in [0, 0.1) is 0 Å². The second-order valence-corrected chi connectivity index (χ2v) is 4.75. The first-order valence-electron chi connectivity index (χ1n) is 6.54. The molecule has 0 aliphatic carbocycles. The number of benzene rings is 2. The molecule has 4 N–H and O–H groups in total. The summed E-state index contributed by atoms with van der Waals surface area (Å²) in [5, 5.41) is 12.3. The number of nitrogens with one attached hydrogen (secondary N) is 1. The zero-order chi connectivity index (χ0) is 15.4. The van der Waals surface area contributed by atoms with E-state index in [1.807, 2.05) is 13.0 Å². The molecular formula is C16H18N2O3. The van der Waals surface area contributed by atoms with Crippen LogP contribution in [0.2, 0.25) is 0 Å². The Morgan fingerprint density at radius 2 is 2.05 bits per heavy atom. The van der Waals surface area contributed by atoms with Gasteiger partial charge in [0.25, 0.3) is 5.91 Å². The van der Waals surface area contributed by atoms with E-state index in [0.717, 1.165) is 5.56 Å². The van der Waals surface area contributed by atoms with Crippen molar-refractivity contribution in [2.45, 2.75) is 13.0 Å². The highest BCUT2D eigenvalue weighted by Gasteiger charge is 2.16. The lowest BCUT2D eigenvalue weighted by molar-refractivity contribution is 0.0937. The largest absolute Gasteiger partial charge is 0.508 e. The standard InChI is InChI=1S/C16H18N2O3/c1-10(11-4-3-5-13(19)8-11)18-16(20)14-7-6-12(17)9-15(14)21-2/h3-10,19H,17H2,1-2H3,(H,18,20). The van der Waals surface area contributed by atoms with Crippen molar-refractivity contribution in [2.24, 2.45) is 0 Å². The van der Waals surface area contributed by atoms with Crippen LogP contribution in [0.3, 0.4) is 0 Å². The number of amides is 1. The van der Waals surface area contributed by atoms with Crippen molar-refractivity contribution < 1.29 is 14.6 Å². The third kappa shape index (κ3) is 3.45. The maximum Gasteiger partial charge on any atom is 0.255 e. The van der Waals surface area contributed by atoms with Crippen molar-refractivity contribution in [3.05, 3.63) is 53.6 Å². The molecule has 0 saturated carbocycles. The van der Waals surface area contributed by atoms with Crippen LogP contribution in [0.25, 0.3) is 0 Å². The summed E-state index contributed by atoms with van der Waals surface area (Å²) in [7, 11) is 1.49. The smallest absolute Gasteiger partial charge is 0.255 e. The summed E-state index contributed by atoms with van der Waals surface area (Å²) in [5.74, 6) is 0.331. The topological polar surface area (TPSA) is 84.6 Å². The average molecular weight is 286 g/mol. The highest BCUT2D eigenvalue weighted by atomic mass is 16.5. The highest BCUT2D eigenvalue weighted by Crippen LogP contribution is 2.23. The van der Waals surface area contributed by atoms with Crippen LogP contribution in [0.1, 0.15) is 28.9 Å². The number of nitrogens with two attached hydrogens (primary N) is 1. The van der Waals surface area contributed by atoms with Gasteiger partial charge in [-0.15, -0.1) is 0 Å². The minimum Gasteiger partial charge on any atom is -0.508 e. The number of carbonyl (C=O) groups is 1. The van der Waals surface area contributed by atoms with Gasteiger partial charge >= 0.3 is 0 Å². The van der Waals surface area contributed by atoms with Gasteiger partial charge in [-0.25, -0.2) is 0 Å². The molecule has 1 amide bonds. The van der Waals surface area contributed by atoms with Crippen LogP contribution in [-0.4, -0.2) is 18.1 Å². The van der Waals surface area contributed by atoms with Crippen molar-refractivity contribution in [1.29, 1.82) is 0 Å². The summed E-state index contributed by atoms with van der Waals surface area (Å²) in [6, 6.07) is 11.4. The van der Waals surface area contributed by atoms with E-state index in [-0.39, 0.29) is 17.7 Å². The lowest BCUT2D eigenvalue weighted by atomic mass is 10.1. The van der Waals surface area contributed by atoms with E-state index < -0.39 is 0 Å². The number of rotatable bonds is 4. The molecule has 2 aromatic carbocycles. The van der Waals surface area contributed by atoms with Gasteiger partial charge in [-0.1, -0.05) is 12.1 Å². The molecule has 0 aliphatic rings. The zero-order valence-corrected chi connectivity index (χ0v) is 12.0. The third-order valence-corrected chi connectivity index (χ3v) is 3.19. The summed E-state index contributed by atoms with van der Waals surface area (Å²) in [5.41, 5.74) is 7.44. The summed E-state index contributed by atoms with van der Waals surface area (Å²) in [4.78, 5) is 12.3. The molecule has 21 heavy (non-hydrogen) atoms. The first kappa shape index (κ1) is 14.7. The molecule has 2 aromatic rings. The number of ether oxygens (including phenoxy) is 1. The molecule has 0 spiro atoms. The normalized spacial score (nSPS) is 11.7. The maximum absolute atomic E-state index is 12.3. The van der Waals surface area contributed by atoms with Crippen LogP contribution in [0.15, 0.2) is 42.5 Å². The van der Waals surface area contributed by atoms with E-state index in [4.69, 9.17) is 10.5 Å². The molecule has 0 heterocycles. The number of anilines is 1. The predicted octanol–water partition coefficient (Wildman–Crippen LogP) is 2.47. The Morgan fingerprint density at radius 3 is 2.71 bits per heavy atom. The lowest BCUT2D eigenvalue weighted by Gasteiger charge is -2.16. The van der Waals surface area contributed by atoms with Crippen LogP contribution in [-0.2, 0) is 0 Å². The number of aromatic hydroxyl groups is 1. The molecule has 110 valence electrons. The zero-order valence-electron chi connectivity index (χ0n) is 12.0. The van der Waals surface area contributed by atoms with Gasteiger partial charge in [0.1, 0.15) is 11.5 Å². The molecule has 0 bridgehead atoms. The van der Waals surface area contributed by atoms with Crippen LogP contribution < -0.4 is 15.8 Å². The Hall–Kier alpha value is -2.69. The minimum atomic E-state index is -0.261. The van der Waals surface area contributed by atoms with Gasteiger partial charge < -0.3 is 20.9 Å². The Morgan fingerprint density at radius 1 is 1.29 bits per heavy atom. The van der Waals surface area contributed by atoms with Gasteiger partial charge in [0.05, 0.1) is 18.7 Å². The number of hydrogen-bond donors (Lipinski definition) is 3. The van der Waals surface area contributed by atoms with Crippen LogP contribution in [0.4, 0.5) is 5.69 Å². The summed E-state index contributed by atoms with van der Waals surface area (Å²) in [6.45, 7) is 1.84. The fraction of sp³-hybridized carbons (Fsp3) is 0.188. The van der Waals surface area contributed by atoms with E-state index in [9.17, 15) is 9.90 Å². The number of hydrogen-bond acceptors (Lipinski definition) is 4. The first-order valence-corrected chi connectivity index (χ1v) is 6.54. The van der Waals surface area contributed by atoms with E-state index in [1.165, 1.54) is 7.11 Å². The molecule has 1 unspecified atom stereocenters. The van der Waals surface area contributed by atoms with E-state index in [0.29, 0.717) is 17.0 Å². The molecule has 0 fully saturated rings. The van der Waals surface area contributed by atoms with Crippen LogP contribution >= 0.6 is 0 Å². The monoisotopic (exact) mass is 286 g/mol. The Labute approximate surface area is 123 Å². The van der Waals surface area contributed by atoms with Gasteiger partial charge in [0.2, 0.25) is 0 Å². The van der Waals surface area contributed by atoms with Crippen molar-refractivity contribution in [3.63, 3.8) is 0 Å². The van der Waals surface area contributed by atoms with Gasteiger partial charge in [-0.05, 0) is 36.8 Å². The molecule has 0 saturated heterocycles. The third-order valence-electron chi connectivity index (χ3n) is 3.19. The minimum absolute atomic E-state index is 0.165. The number of phenols is 1. The molecule has 1 atom stereocenters. The molecule has 2 rings (SSSR count). The fourth-order valence-electron chi connectivity index (χ4n) is 2.05. The Balaban J connectivity index is 2.18. The van der Waals surface area contributed by atoms with Crippen molar-refractivity contribution >= 4 is 11.6 Å². The molecule has 0 radical (unpaired) electrons. The Kier molecular flexibility index (Phi) is 4.33. The number of phenolic OH excluding ortho intramolecular Hbond substituents is 1. The molecular weight excluding hydrogens is 268 g/mol. The first-order chi connectivity index (χ1) is 10.0. The lowest BCUT2D eigenvalue weighted by Crippen LogP contribution is -2.27. The second kappa shape index (κ2) is 6.17. The van der Waals surface area contributed by atoms with Crippen molar-refractivity contribution in [1.82, 2.24) is 5.32 Å². The van der Waals surface area contributed by atoms with Crippen molar-refractivity contribution in [3.8, 4) is 11.5 Å². The van der Waals surface area contributed by atoms with Crippen molar-refractivity contribution in [2.75, 3.05) is 12.8 Å². The quantitative estimate of drug-likeness (QED) is 0.754. The fourth-order valence-corrected chi connectivity index (χ4v) is 2.05. The summed E-state index contributed by atoms with van der Waals surface area (Å²) in [6.07, 6.45) is 0. The van der Waals surface area contributed by atoms with E-state index in [1.54, 1.807) is 36.4 Å². The van der Waals surface area contributed by atoms with Gasteiger partial charge in [-0.2, -0.15) is 0 Å². The van der Waals surface area contributed by atoms with Gasteiger partial charge in [0, 0.05) is 11.8 Å². The number of methoxy groups -OCH3 is 1. The SMILES string of the molecule is COc1cc(N)ccc1C(=O)NC(C)c1cccc(O)c1. The second-order valence-electron chi connectivity index (χ2n) is 4.75. The Bertz CT molecular complexity index is 656. The predicted molar refractivity (Wildman–Crippen MR) is 81.4 cm³/mol. The maximum atomic E-state index is 12.3. The van der Waals surface area contributed by atoms with E-state index in [2.05, 4.69) is 5.32 Å². The number of carbonyl (C=O) groups excluding carboxylic acids is 1. The summed E-state index contributed by atoms with van der Waals surface area (Å²) >= 11 is 0.